The molecule has 1 amide bonds. The van der Waals surface area contributed by atoms with Crippen molar-refractivity contribution in [1.82, 2.24) is 4.90 Å². The molecule has 0 N–H and O–H groups in total. The molecule has 1 fully saturated rings. The Morgan fingerprint density at radius 2 is 2.00 bits per heavy atom. The maximum atomic E-state index is 12.3. The molecule has 9 heteroatoms. The van der Waals surface area contributed by atoms with Gasteiger partial charge in [0.25, 0.3) is 5.69 Å². The average molecular weight is 354 g/mol. The lowest BCUT2D eigenvalue weighted by Crippen LogP contribution is -2.47. The Balaban J connectivity index is 2.00. The van der Waals surface area contributed by atoms with Gasteiger partial charge >= 0.3 is 6.09 Å². The molecular weight excluding hydrogens is 332 g/mol. The number of nitrogens with zero attached hydrogens (tertiary/aromatic N) is 2. The van der Waals surface area contributed by atoms with E-state index < -0.39 is 22.7 Å². The van der Waals surface area contributed by atoms with E-state index in [9.17, 15) is 14.9 Å². The van der Waals surface area contributed by atoms with Crippen LogP contribution in [0.4, 0.5) is 10.5 Å². The molecule has 0 bridgehead atoms. The third-order valence-corrected chi connectivity index (χ3v) is 3.27. The molecule has 9 nitrogen and oxygen atoms in total. The third-order valence-electron chi connectivity index (χ3n) is 3.27. The van der Waals surface area contributed by atoms with Crippen molar-refractivity contribution < 1.29 is 28.7 Å². The minimum absolute atomic E-state index is 0.0195. The van der Waals surface area contributed by atoms with Crippen molar-refractivity contribution in [3.63, 3.8) is 0 Å². The maximum absolute atomic E-state index is 12.3. The molecule has 0 saturated carbocycles. The number of nitro benzene ring substituents is 1. The highest BCUT2D eigenvalue weighted by atomic mass is 16.7. The molecule has 1 aliphatic heterocycles. The molecule has 138 valence electrons. The molecule has 1 saturated heterocycles. The summed E-state index contributed by atoms with van der Waals surface area (Å²) in [7, 11) is 0. The van der Waals surface area contributed by atoms with Crippen molar-refractivity contribution in [3.8, 4) is 5.75 Å². The van der Waals surface area contributed by atoms with Crippen LogP contribution in [0.3, 0.4) is 0 Å². The van der Waals surface area contributed by atoms with Gasteiger partial charge in [0.15, 0.2) is 0 Å². The van der Waals surface area contributed by atoms with Crippen LogP contribution in [-0.4, -0.2) is 54.3 Å². The van der Waals surface area contributed by atoms with Gasteiger partial charge in [-0.25, -0.2) is 4.79 Å². The molecule has 1 aromatic rings. The van der Waals surface area contributed by atoms with E-state index in [2.05, 4.69) is 0 Å². The molecule has 1 aromatic carbocycles. The predicted octanol–water partition coefficient (Wildman–Crippen LogP) is 2.54. The summed E-state index contributed by atoms with van der Waals surface area (Å²) in [4.78, 5) is 23.9. The van der Waals surface area contributed by atoms with Gasteiger partial charge in [-0.3, -0.25) is 15.0 Å². The summed E-state index contributed by atoms with van der Waals surface area (Å²) in [5, 5.41) is 10.7. The lowest BCUT2D eigenvalue weighted by molar-refractivity contribution is -0.384. The van der Waals surface area contributed by atoms with E-state index in [1.807, 2.05) is 0 Å². The Morgan fingerprint density at radius 1 is 1.32 bits per heavy atom. The van der Waals surface area contributed by atoms with Gasteiger partial charge in [-0.05, 0) is 32.9 Å². The van der Waals surface area contributed by atoms with Gasteiger partial charge < -0.3 is 18.9 Å². The quantitative estimate of drug-likeness (QED) is 0.605. The lowest BCUT2D eigenvalue weighted by atomic mass is 10.2. The topological polar surface area (TPSA) is 100 Å². The number of carbonyl (C=O) groups is 1. The van der Waals surface area contributed by atoms with Gasteiger partial charge in [0.2, 0.25) is 0 Å². The normalized spacial score (nSPS) is 18.4. The Kier molecular flexibility index (Phi) is 6.16. The monoisotopic (exact) mass is 354 g/mol. The van der Waals surface area contributed by atoms with E-state index in [1.54, 1.807) is 20.8 Å². The first-order chi connectivity index (χ1) is 11.8. The maximum Gasteiger partial charge on any atom is 0.412 e. The Labute approximate surface area is 145 Å². The summed E-state index contributed by atoms with van der Waals surface area (Å²) < 4.78 is 21.6. The Morgan fingerprint density at radius 3 is 2.60 bits per heavy atom. The van der Waals surface area contributed by atoms with Crippen LogP contribution in [0.25, 0.3) is 0 Å². The van der Waals surface area contributed by atoms with Crippen molar-refractivity contribution in [2.75, 3.05) is 26.7 Å². The van der Waals surface area contributed by atoms with Crippen LogP contribution in [0.1, 0.15) is 20.8 Å². The lowest BCUT2D eigenvalue weighted by Gasteiger charge is -2.30. The smallest absolute Gasteiger partial charge is 0.412 e. The number of benzene rings is 1. The molecule has 0 aliphatic carbocycles. The summed E-state index contributed by atoms with van der Waals surface area (Å²) >= 11 is 0. The fourth-order valence-electron chi connectivity index (χ4n) is 2.09. The number of ether oxygens (including phenoxy) is 4. The first-order valence-corrected chi connectivity index (χ1v) is 7.78. The van der Waals surface area contributed by atoms with Crippen molar-refractivity contribution in [3.05, 3.63) is 34.4 Å². The molecule has 0 aromatic heterocycles. The predicted molar refractivity (Wildman–Crippen MR) is 87.2 cm³/mol. The summed E-state index contributed by atoms with van der Waals surface area (Å²) in [6.07, 6.45) is -0.518. The summed E-state index contributed by atoms with van der Waals surface area (Å²) in [5.74, 6) is 0.458. The van der Waals surface area contributed by atoms with E-state index in [0.717, 1.165) is 0 Å². The van der Waals surface area contributed by atoms with Crippen LogP contribution in [0.2, 0.25) is 0 Å². The molecule has 1 aliphatic rings. The fourth-order valence-corrected chi connectivity index (χ4v) is 2.09. The number of nitro groups is 1. The third kappa shape index (κ3) is 5.87. The minimum Gasteiger partial charge on any atom is -0.491 e. The zero-order valence-electron chi connectivity index (χ0n) is 14.5. The molecule has 2 rings (SSSR count). The molecule has 0 radical (unpaired) electrons. The molecular formula is C16H22N2O7. The van der Waals surface area contributed by atoms with Crippen molar-refractivity contribution in [2.45, 2.75) is 32.4 Å². The number of non-ortho nitro benzene ring substituents is 1. The number of amides is 1. The second kappa shape index (κ2) is 8.13. The fraction of sp³-hybridized carbons (Fsp3) is 0.562. The van der Waals surface area contributed by atoms with Crippen LogP contribution in [0.15, 0.2) is 24.3 Å². The van der Waals surface area contributed by atoms with Gasteiger partial charge in [0, 0.05) is 12.1 Å². The van der Waals surface area contributed by atoms with E-state index in [1.165, 1.54) is 29.2 Å². The van der Waals surface area contributed by atoms with Crippen LogP contribution in [0, 0.1) is 10.1 Å². The molecule has 0 unspecified atom stereocenters. The van der Waals surface area contributed by atoms with E-state index >= 15 is 0 Å². The van der Waals surface area contributed by atoms with Crippen molar-refractivity contribution in [1.29, 1.82) is 0 Å². The highest BCUT2D eigenvalue weighted by Crippen LogP contribution is 2.19. The summed E-state index contributed by atoms with van der Waals surface area (Å²) in [6, 6.07) is 5.31. The number of hydrogen-bond donors (Lipinski definition) is 0. The molecule has 25 heavy (non-hydrogen) atoms. The van der Waals surface area contributed by atoms with Gasteiger partial charge in [0.1, 0.15) is 31.5 Å². The Hall–Kier alpha value is -2.39. The largest absolute Gasteiger partial charge is 0.491 e. The van der Waals surface area contributed by atoms with Crippen LogP contribution < -0.4 is 4.74 Å². The highest BCUT2D eigenvalue weighted by Gasteiger charge is 2.31. The van der Waals surface area contributed by atoms with Crippen LogP contribution in [0.5, 0.6) is 5.75 Å². The standard InChI is InChI=1S/C16H22N2O7/c1-16(2,3)25-15(19)17-10-23-11-22-8-13(17)9-24-14-6-4-12(5-7-14)18(20)21/h4-7,13H,8-11H2,1-3H3/t13-/m1/s1. The zero-order chi connectivity index (χ0) is 18.4. The molecule has 1 atom stereocenters. The first-order valence-electron chi connectivity index (χ1n) is 7.78. The SMILES string of the molecule is CC(C)(C)OC(=O)N1COCOC[C@@H]1COc1ccc([N+](=O)[O-])cc1. The Bertz CT molecular complexity index is 597. The summed E-state index contributed by atoms with van der Waals surface area (Å²) in [6.45, 7) is 5.82. The van der Waals surface area contributed by atoms with Gasteiger partial charge in [-0.15, -0.1) is 0 Å². The minimum atomic E-state index is -0.631. The number of carbonyl (C=O) groups excluding carboxylic acids is 1. The number of rotatable bonds is 4. The van der Waals surface area contributed by atoms with Gasteiger partial charge in [-0.2, -0.15) is 0 Å². The van der Waals surface area contributed by atoms with Crippen molar-refractivity contribution >= 4 is 11.8 Å². The zero-order valence-corrected chi connectivity index (χ0v) is 14.5. The molecule has 1 heterocycles. The number of hydrogen-bond acceptors (Lipinski definition) is 7. The summed E-state index contributed by atoms with van der Waals surface area (Å²) in [5.41, 5.74) is -0.650. The van der Waals surface area contributed by atoms with Crippen molar-refractivity contribution in [2.24, 2.45) is 0 Å². The molecule has 0 spiro atoms. The second-order valence-electron chi connectivity index (χ2n) is 6.49. The van der Waals surface area contributed by atoms with Gasteiger partial charge in [-0.1, -0.05) is 0 Å². The van der Waals surface area contributed by atoms with E-state index in [-0.39, 0.29) is 32.4 Å². The average Bonchev–Trinajstić information content (AvgIpc) is 2.77. The van der Waals surface area contributed by atoms with E-state index in [0.29, 0.717) is 5.75 Å². The van der Waals surface area contributed by atoms with Crippen LogP contribution in [-0.2, 0) is 14.2 Å². The van der Waals surface area contributed by atoms with Gasteiger partial charge in [0.05, 0.1) is 17.6 Å². The van der Waals surface area contributed by atoms with Crippen LogP contribution >= 0.6 is 0 Å². The highest BCUT2D eigenvalue weighted by molar-refractivity contribution is 5.68. The second-order valence-corrected chi connectivity index (χ2v) is 6.49. The van der Waals surface area contributed by atoms with E-state index in [4.69, 9.17) is 18.9 Å². The first kappa shape index (κ1) is 18.9.